The normalized spacial score (nSPS) is 10.0. The number of hydrogen-bond donors (Lipinski definition) is 2. The van der Waals surface area contributed by atoms with Crippen molar-refractivity contribution in [3.8, 4) is 6.07 Å². The second-order valence-corrected chi connectivity index (χ2v) is 5.02. The van der Waals surface area contributed by atoms with Crippen LogP contribution in [0, 0.1) is 18.3 Å². The first-order chi connectivity index (χ1) is 9.99. The van der Waals surface area contributed by atoms with Crippen LogP contribution in [0.15, 0.2) is 30.5 Å². The molecule has 0 saturated carbocycles. The van der Waals surface area contributed by atoms with Crippen LogP contribution in [0.2, 0.25) is 0 Å². The van der Waals surface area contributed by atoms with Crippen molar-refractivity contribution in [3.05, 3.63) is 47.3 Å². The van der Waals surface area contributed by atoms with E-state index in [-0.39, 0.29) is 5.91 Å². The molecule has 1 amide bonds. The van der Waals surface area contributed by atoms with Crippen LogP contribution in [-0.4, -0.2) is 10.5 Å². The summed E-state index contributed by atoms with van der Waals surface area (Å²) in [6, 6.07) is 9.74. The lowest BCUT2D eigenvalue weighted by atomic mass is 10.1. The van der Waals surface area contributed by atoms with Crippen LogP contribution in [0.1, 0.15) is 23.7 Å². The van der Waals surface area contributed by atoms with E-state index in [1.54, 1.807) is 4.57 Å². The van der Waals surface area contributed by atoms with Gasteiger partial charge in [-0.2, -0.15) is 5.26 Å². The van der Waals surface area contributed by atoms with Gasteiger partial charge in [-0.15, -0.1) is 0 Å². The molecule has 2 rings (SSSR count). The third kappa shape index (κ3) is 3.63. The van der Waals surface area contributed by atoms with E-state index >= 15 is 0 Å². The van der Waals surface area contributed by atoms with Gasteiger partial charge in [0.25, 0.3) is 0 Å². The predicted molar refractivity (Wildman–Crippen MR) is 82.9 cm³/mol. The first-order valence-electron chi connectivity index (χ1n) is 6.67. The van der Waals surface area contributed by atoms with Gasteiger partial charge in [0.15, 0.2) is 0 Å². The molecule has 2 aromatic rings. The van der Waals surface area contributed by atoms with Crippen LogP contribution in [0.3, 0.4) is 0 Å². The Kier molecular flexibility index (Phi) is 4.29. The van der Waals surface area contributed by atoms with Gasteiger partial charge in [-0.1, -0.05) is 6.07 Å². The topological polar surface area (TPSA) is 69.8 Å². The Morgan fingerprint density at radius 1 is 1.38 bits per heavy atom. The molecule has 21 heavy (non-hydrogen) atoms. The van der Waals surface area contributed by atoms with Crippen LogP contribution >= 0.6 is 0 Å². The lowest BCUT2D eigenvalue weighted by Crippen LogP contribution is -2.07. The monoisotopic (exact) mass is 282 g/mol. The smallest absolute Gasteiger partial charge is 0.221 e. The molecule has 0 radical (unpaired) electrons. The van der Waals surface area contributed by atoms with E-state index in [9.17, 15) is 4.79 Å². The van der Waals surface area contributed by atoms with Gasteiger partial charge in [-0.05, 0) is 36.2 Å². The Bertz CT molecular complexity index is 710. The average molecular weight is 282 g/mol. The molecule has 5 heteroatoms. The summed E-state index contributed by atoms with van der Waals surface area (Å²) < 4.78 is 1.80. The molecule has 2 N–H and O–H groups in total. The fourth-order valence-electron chi connectivity index (χ4n) is 2.13. The quantitative estimate of drug-likeness (QED) is 0.906. The van der Waals surface area contributed by atoms with Gasteiger partial charge in [-0.25, -0.2) is 0 Å². The van der Waals surface area contributed by atoms with Gasteiger partial charge in [0.1, 0.15) is 11.8 Å². The molecular weight excluding hydrogens is 264 g/mol. The summed E-state index contributed by atoms with van der Waals surface area (Å²) in [5.41, 5.74) is 4.50. The Morgan fingerprint density at radius 2 is 2.14 bits per heavy atom. The molecule has 0 saturated heterocycles. The molecule has 0 aliphatic rings. The number of benzene rings is 1. The fourth-order valence-corrected chi connectivity index (χ4v) is 2.13. The third-order valence-electron chi connectivity index (χ3n) is 3.22. The number of amides is 1. The molecule has 0 fully saturated rings. The first-order valence-corrected chi connectivity index (χ1v) is 6.67. The maximum absolute atomic E-state index is 11.1. The predicted octanol–water partition coefficient (Wildman–Crippen LogP) is 2.78. The van der Waals surface area contributed by atoms with Crippen molar-refractivity contribution < 1.29 is 4.79 Å². The summed E-state index contributed by atoms with van der Waals surface area (Å²) in [7, 11) is 1.85. The minimum Gasteiger partial charge on any atom is -0.381 e. The van der Waals surface area contributed by atoms with Gasteiger partial charge in [0.2, 0.25) is 5.91 Å². The van der Waals surface area contributed by atoms with Crippen molar-refractivity contribution in [2.24, 2.45) is 7.05 Å². The largest absolute Gasteiger partial charge is 0.381 e. The number of aromatic nitrogens is 1. The average Bonchev–Trinajstić information content (AvgIpc) is 2.79. The van der Waals surface area contributed by atoms with Gasteiger partial charge in [0, 0.05) is 38.1 Å². The lowest BCUT2D eigenvalue weighted by Gasteiger charge is -2.11. The number of nitrogens with zero attached hydrogens (tertiary/aromatic N) is 2. The summed E-state index contributed by atoms with van der Waals surface area (Å²) in [6.07, 6.45) is 1.93. The standard InChI is InChI=1S/C16H18N4O/c1-11-4-5-14(19-12(2)21)7-16(11)18-9-13-6-15(8-17)20(3)10-13/h4-7,10,18H,9H2,1-3H3,(H,19,21). The first kappa shape index (κ1) is 14.7. The van der Waals surface area contributed by atoms with Gasteiger partial charge in [0.05, 0.1) is 0 Å². The number of carbonyl (C=O) groups is 1. The number of nitrogens with one attached hydrogen (secondary N) is 2. The highest BCUT2D eigenvalue weighted by atomic mass is 16.1. The SMILES string of the molecule is CC(=O)Nc1ccc(C)c(NCc2cc(C#N)n(C)c2)c1. The van der Waals surface area contributed by atoms with Crippen LogP contribution < -0.4 is 10.6 Å². The summed E-state index contributed by atoms with van der Waals surface area (Å²) in [5.74, 6) is -0.0912. The number of hydrogen-bond acceptors (Lipinski definition) is 3. The highest BCUT2D eigenvalue weighted by Crippen LogP contribution is 2.21. The van der Waals surface area contributed by atoms with E-state index in [4.69, 9.17) is 5.26 Å². The summed E-state index contributed by atoms with van der Waals surface area (Å²) >= 11 is 0. The van der Waals surface area contributed by atoms with Crippen molar-refractivity contribution in [1.82, 2.24) is 4.57 Å². The molecule has 5 nitrogen and oxygen atoms in total. The molecule has 1 heterocycles. The molecule has 108 valence electrons. The van der Waals surface area contributed by atoms with E-state index in [0.717, 1.165) is 22.5 Å². The van der Waals surface area contributed by atoms with Crippen LogP contribution in [-0.2, 0) is 18.4 Å². The third-order valence-corrected chi connectivity index (χ3v) is 3.22. The zero-order valence-corrected chi connectivity index (χ0v) is 12.4. The zero-order valence-electron chi connectivity index (χ0n) is 12.4. The summed E-state index contributed by atoms with van der Waals surface area (Å²) in [5, 5.41) is 15.1. The van der Waals surface area contributed by atoms with Gasteiger partial charge in [-0.3, -0.25) is 4.79 Å². The van der Waals surface area contributed by atoms with E-state index in [1.807, 2.05) is 44.4 Å². The minimum atomic E-state index is -0.0912. The summed E-state index contributed by atoms with van der Waals surface area (Å²) in [4.78, 5) is 11.1. The second kappa shape index (κ2) is 6.14. The minimum absolute atomic E-state index is 0.0912. The van der Waals surface area contributed by atoms with Gasteiger partial charge >= 0.3 is 0 Å². The molecular formula is C16H18N4O. The van der Waals surface area contributed by atoms with Crippen molar-refractivity contribution in [2.45, 2.75) is 20.4 Å². The van der Waals surface area contributed by atoms with Crippen molar-refractivity contribution in [3.63, 3.8) is 0 Å². The molecule has 0 aliphatic heterocycles. The maximum Gasteiger partial charge on any atom is 0.221 e. The van der Waals surface area contributed by atoms with Crippen LogP contribution in [0.5, 0.6) is 0 Å². The number of nitriles is 1. The van der Waals surface area contributed by atoms with Gasteiger partial charge < -0.3 is 15.2 Å². The highest BCUT2D eigenvalue weighted by molar-refractivity contribution is 5.89. The fraction of sp³-hybridized carbons (Fsp3) is 0.250. The van der Waals surface area contributed by atoms with Crippen LogP contribution in [0.4, 0.5) is 11.4 Å². The van der Waals surface area contributed by atoms with Crippen molar-refractivity contribution >= 4 is 17.3 Å². The number of rotatable bonds is 4. The Labute approximate surface area is 124 Å². The van der Waals surface area contributed by atoms with E-state index in [2.05, 4.69) is 16.7 Å². The zero-order chi connectivity index (χ0) is 15.4. The molecule has 0 aliphatic carbocycles. The molecule has 1 aromatic carbocycles. The Hall–Kier alpha value is -2.74. The molecule has 1 aromatic heterocycles. The Morgan fingerprint density at radius 3 is 2.76 bits per heavy atom. The highest BCUT2D eigenvalue weighted by Gasteiger charge is 2.05. The van der Waals surface area contributed by atoms with Crippen LogP contribution in [0.25, 0.3) is 0 Å². The maximum atomic E-state index is 11.1. The number of anilines is 2. The van der Waals surface area contributed by atoms with E-state index < -0.39 is 0 Å². The van der Waals surface area contributed by atoms with Crippen molar-refractivity contribution in [2.75, 3.05) is 10.6 Å². The molecule has 0 unspecified atom stereocenters. The number of aryl methyl sites for hydroxylation is 2. The molecule has 0 bridgehead atoms. The molecule has 0 atom stereocenters. The van der Waals surface area contributed by atoms with Crippen molar-refractivity contribution in [1.29, 1.82) is 5.26 Å². The second-order valence-electron chi connectivity index (χ2n) is 5.02. The number of carbonyl (C=O) groups excluding carboxylic acids is 1. The van der Waals surface area contributed by atoms with E-state index in [1.165, 1.54) is 6.92 Å². The molecule has 0 spiro atoms. The van der Waals surface area contributed by atoms with E-state index in [0.29, 0.717) is 12.2 Å². The summed E-state index contributed by atoms with van der Waals surface area (Å²) in [6.45, 7) is 4.12. The Balaban J connectivity index is 2.11. The lowest BCUT2D eigenvalue weighted by molar-refractivity contribution is -0.114.